The van der Waals surface area contributed by atoms with Crippen LogP contribution in [0.4, 0.5) is 5.69 Å². The summed E-state index contributed by atoms with van der Waals surface area (Å²) in [6.45, 7) is 4.02. The van der Waals surface area contributed by atoms with Crippen LogP contribution in [0.15, 0.2) is 18.2 Å². The van der Waals surface area contributed by atoms with Gasteiger partial charge < -0.3 is 5.32 Å². The van der Waals surface area contributed by atoms with Gasteiger partial charge in [-0.2, -0.15) is 0 Å². The summed E-state index contributed by atoms with van der Waals surface area (Å²) in [6.07, 6.45) is 0.516. The Hall–Kier alpha value is -0.290. The van der Waals surface area contributed by atoms with E-state index in [1.807, 2.05) is 32.0 Å². The van der Waals surface area contributed by atoms with Gasteiger partial charge in [0.2, 0.25) is 5.91 Å². The number of halogens is 2. The summed E-state index contributed by atoms with van der Waals surface area (Å²) in [5.74, 6) is 0.362. The molecule has 82 valence electrons. The zero-order valence-corrected chi connectivity index (χ0v) is 11.6. The van der Waals surface area contributed by atoms with Crippen LogP contribution in [0.25, 0.3) is 0 Å². The molecule has 2 nitrogen and oxygen atoms in total. The van der Waals surface area contributed by atoms with Crippen molar-refractivity contribution in [2.75, 3.05) is 5.32 Å². The molecule has 1 N–H and O–H groups in total. The van der Waals surface area contributed by atoms with Crippen molar-refractivity contribution in [1.82, 2.24) is 0 Å². The van der Waals surface area contributed by atoms with E-state index >= 15 is 0 Å². The fourth-order valence-electron chi connectivity index (χ4n) is 1.16. The average molecular weight is 338 g/mol. The highest BCUT2D eigenvalue weighted by Crippen LogP contribution is 2.24. The number of amides is 1. The van der Waals surface area contributed by atoms with Crippen LogP contribution < -0.4 is 5.32 Å². The van der Waals surface area contributed by atoms with Gasteiger partial charge in [-0.1, -0.05) is 25.4 Å². The fourth-order valence-corrected chi connectivity index (χ4v) is 2.07. The molecule has 0 bridgehead atoms. The first-order valence-electron chi connectivity index (χ1n) is 4.74. The van der Waals surface area contributed by atoms with Crippen molar-refractivity contribution in [3.05, 3.63) is 26.8 Å². The SMILES string of the molecule is CC(C)CC(=O)Nc1ccc(I)cc1Cl. The first-order valence-corrected chi connectivity index (χ1v) is 6.19. The quantitative estimate of drug-likeness (QED) is 0.832. The number of carbonyl (C=O) groups excluding carboxylic acids is 1. The molecular weight excluding hydrogens is 324 g/mol. The zero-order chi connectivity index (χ0) is 11.4. The summed E-state index contributed by atoms with van der Waals surface area (Å²) in [6, 6.07) is 5.56. The molecule has 0 fully saturated rings. The molecule has 0 aliphatic heterocycles. The molecule has 0 aliphatic rings. The molecule has 0 spiro atoms. The second-order valence-corrected chi connectivity index (χ2v) is 5.42. The van der Waals surface area contributed by atoms with Crippen molar-refractivity contribution in [3.63, 3.8) is 0 Å². The summed E-state index contributed by atoms with van der Waals surface area (Å²) in [4.78, 5) is 11.5. The highest BCUT2D eigenvalue weighted by Gasteiger charge is 2.07. The van der Waals surface area contributed by atoms with E-state index in [2.05, 4.69) is 27.9 Å². The van der Waals surface area contributed by atoms with Gasteiger partial charge in [-0.15, -0.1) is 0 Å². The number of benzene rings is 1. The minimum atomic E-state index is 0.00751. The second kappa shape index (κ2) is 5.70. The topological polar surface area (TPSA) is 29.1 Å². The van der Waals surface area contributed by atoms with Crippen LogP contribution in [0.5, 0.6) is 0 Å². The Kier molecular flexibility index (Phi) is 4.86. The standard InChI is InChI=1S/C11H13ClINO/c1-7(2)5-11(15)14-10-4-3-8(13)6-9(10)12/h3-4,6-7H,5H2,1-2H3,(H,14,15). The third-order valence-corrected chi connectivity index (χ3v) is 2.78. The van der Waals surface area contributed by atoms with Gasteiger partial charge in [0.15, 0.2) is 0 Å². The van der Waals surface area contributed by atoms with Gasteiger partial charge in [0.25, 0.3) is 0 Å². The van der Waals surface area contributed by atoms with Gasteiger partial charge in [-0.25, -0.2) is 0 Å². The highest BCUT2D eigenvalue weighted by atomic mass is 127. The van der Waals surface area contributed by atoms with E-state index in [0.29, 0.717) is 23.0 Å². The maximum absolute atomic E-state index is 11.5. The van der Waals surface area contributed by atoms with E-state index in [1.54, 1.807) is 0 Å². The number of carbonyl (C=O) groups is 1. The van der Waals surface area contributed by atoms with Gasteiger partial charge >= 0.3 is 0 Å². The van der Waals surface area contributed by atoms with Crippen LogP contribution in [0.2, 0.25) is 5.02 Å². The predicted octanol–water partition coefficient (Wildman–Crippen LogP) is 3.93. The molecule has 1 aromatic carbocycles. The molecule has 0 aliphatic carbocycles. The van der Waals surface area contributed by atoms with Crippen molar-refractivity contribution < 1.29 is 4.79 Å². The third-order valence-electron chi connectivity index (χ3n) is 1.80. The predicted molar refractivity (Wildman–Crippen MR) is 72.3 cm³/mol. The highest BCUT2D eigenvalue weighted by molar-refractivity contribution is 14.1. The molecule has 0 radical (unpaired) electrons. The monoisotopic (exact) mass is 337 g/mol. The minimum Gasteiger partial charge on any atom is -0.325 e. The van der Waals surface area contributed by atoms with Crippen LogP contribution in [0.3, 0.4) is 0 Å². The summed E-state index contributed by atoms with van der Waals surface area (Å²) in [5, 5.41) is 3.38. The summed E-state index contributed by atoms with van der Waals surface area (Å²) in [7, 11) is 0. The van der Waals surface area contributed by atoms with Gasteiger partial charge in [-0.3, -0.25) is 4.79 Å². The molecule has 4 heteroatoms. The third kappa shape index (κ3) is 4.38. The largest absolute Gasteiger partial charge is 0.325 e. The van der Waals surface area contributed by atoms with Crippen molar-refractivity contribution >= 4 is 45.8 Å². The zero-order valence-electron chi connectivity index (χ0n) is 8.68. The fraction of sp³-hybridized carbons (Fsp3) is 0.364. The molecule has 1 rings (SSSR count). The van der Waals surface area contributed by atoms with Crippen LogP contribution in [0.1, 0.15) is 20.3 Å². The molecule has 15 heavy (non-hydrogen) atoms. The van der Waals surface area contributed by atoms with Crippen molar-refractivity contribution in [2.45, 2.75) is 20.3 Å². The van der Waals surface area contributed by atoms with Crippen molar-refractivity contribution in [3.8, 4) is 0 Å². The van der Waals surface area contributed by atoms with E-state index in [9.17, 15) is 4.79 Å². The van der Waals surface area contributed by atoms with Crippen LogP contribution in [0, 0.1) is 9.49 Å². The smallest absolute Gasteiger partial charge is 0.224 e. The first kappa shape index (κ1) is 12.8. The Labute approximate surface area is 109 Å². The Bertz CT molecular complexity index is 366. The van der Waals surface area contributed by atoms with Crippen LogP contribution in [-0.2, 0) is 4.79 Å². The Morgan fingerprint density at radius 3 is 2.73 bits per heavy atom. The lowest BCUT2D eigenvalue weighted by Gasteiger charge is -2.08. The lowest BCUT2D eigenvalue weighted by atomic mass is 10.1. The molecule has 0 heterocycles. The summed E-state index contributed by atoms with van der Waals surface area (Å²) >= 11 is 8.17. The molecule has 0 unspecified atom stereocenters. The normalized spacial score (nSPS) is 10.5. The van der Waals surface area contributed by atoms with Crippen LogP contribution in [-0.4, -0.2) is 5.91 Å². The molecule has 0 saturated carbocycles. The number of anilines is 1. The van der Waals surface area contributed by atoms with Crippen molar-refractivity contribution in [1.29, 1.82) is 0 Å². The Morgan fingerprint density at radius 1 is 1.53 bits per heavy atom. The maximum atomic E-state index is 11.5. The van der Waals surface area contributed by atoms with Gasteiger partial charge in [-0.05, 0) is 46.7 Å². The van der Waals surface area contributed by atoms with E-state index in [-0.39, 0.29) is 5.91 Å². The summed E-state index contributed by atoms with van der Waals surface area (Å²) in [5.41, 5.74) is 0.683. The minimum absolute atomic E-state index is 0.00751. The molecule has 0 atom stereocenters. The average Bonchev–Trinajstić information content (AvgIpc) is 2.08. The molecule has 1 amide bonds. The van der Waals surface area contributed by atoms with E-state index in [4.69, 9.17) is 11.6 Å². The number of rotatable bonds is 3. The van der Waals surface area contributed by atoms with Crippen LogP contribution >= 0.6 is 34.2 Å². The number of hydrogen-bond donors (Lipinski definition) is 1. The molecule has 0 aromatic heterocycles. The summed E-state index contributed by atoms with van der Waals surface area (Å²) < 4.78 is 1.06. The van der Waals surface area contributed by atoms with Gasteiger partial charge in [0, 0.05) is 9.99 Å². The lowest BCUT2D eigenvalue weighted by molar-refractivity contribution is -0.116. The van der Waals surface area contributed by atoms with E-state index in [0.717, 1.165) is 3.57 Å². The van der Waals surface area contributed by atoms with Gasteiger partial charge in [0.05, 0.1) is 10.7 Å². The molecular formula is C11H13ClINO. The van der Waals surface area contributed by atoms with Crippen molar-refractivity contribution in [2.24, 2.45) is 5.92 Å². The Balaban J connectivity index is 2.68. The first-order chi connectivity index (χ1) is 6.99. The number of nitrogens with one attached hydrogen (secondary N) is 1. The maximum Gasteiger partial charge on any atom is 0.224 e. The second-order valence-electron chi connectivity index (χ2n) is 3.77. The molecule has 0 saturated heterocycles. The molecule has 1 aromatic rings. The Morgan fingerprint density at radius 2 is 2.20 bits per heavy atom. The lowest BCUT2D eigenvalue weighted by Crippen LogP contribution is -2.14. The number of hydrogen-bond acceptors (Lipinski definition) is 1. The van der Waals surface area contributed by atoms with E-state index in [1.165, 1.54) is 0 Å². The van der Waals surface area contributed by atoms with Gasteiger partial charge in [0.1, 0.15) is 0 Å². The van der Waals surface area contributed by atoms with E-state index < -0.39 is 0 Å².